The van der Waals surface area contributed by atoms with Crippen LogP contribution in [0, 0.1) is 0 Å². The third-order valence-corrected chi connectivity index (χ3v) is 5.42. The highest BCUT2D eigenvalue weighted by Gasteiger charge is 2.29. The summed E-state index contributed by atoms with van der Waals surface area (Å²) < 4.78 is 5.28. The van der Waals surface area contributed by atoms with Crippen molar-refractivity contribution >= 4 is 40.1 Å². The number of carbonyl (C=O) groups is 1. The lowest BCUT2D eigenvalue weighted by atomic mass is 10.1. The maximum Gasteiger partial charge on any atom is 0.182 e. The van der Waals surface area contributed by atoms with E-state index in [-0.39, 0.29) is 22.8 Å². The van der Waals surface area contributed by atoms with Gasteiger partial charge >= 0.3 is 0 Å². The maximum atomic E-state index is 12.8. The molecule has 0 aliphatic carbocycles. The third-order valence-electron chi connectivity index (χ3n) is 5.17. The van der Waals surface area contributed by atoms with Gasteiger partial charge in [-0.05, 0) is 79.4 Å². The van der Waals surface area contributed by atoms with E-state index in [9.17, 15) is 4.79 Å². The fourth-order valence-corrected chi connectivity index (χ4v) is 3.80. The average Bonchev–Trinajstić information content (AvgIpc) is 2.89. The highest BCUT2D eigenvalue weighted by molar-refractivity contribution is 8.93. The van der Waals surface area contributed by atoms with Crippen molar-refractivity contribution in [2.45, 2.75) is 19.3 Å². The van der Waals surface area contributed by atoms with E-state index in [1.54, 1.807) is 31.4 Å². The van der Waals surface area contributed by atoms with Crippen molar-refractivity contribution in [1.29, 1.82) is 0 Å². The number of fused-ring (bicyclic) bond motifs is 1. The van der Waals surface area contributed by atoms with E-state index in [0.29, 0.717) is 17.1 Å². The number of halogens is 2. The summed E-state index contributed by atoms with van der Waals surface area (Å²) >= 11 is 5.95. The minimum absolute atomic E-state index is 0. The standard InChI is InChI=1S/C23H23ClN2O2.BrH/c1-28-20-12-8-17(9-13-20)21-15-25(23-5-3-2-4-14-26(21)23)16-22(27)18-6-10-19(24)11-7-18;/h5-13,15H,2-4,14,16H2,1H3;1H. The Morgan fingerprint density at radius 1 is 1.07 bits per heavy atom. The van der Waals surface area contributed by atoms with Gasteiger partial charge in [-0.3, -0.25) is 4.79 Å². The van der Waals surface area contributed by atoms with Gasteiger partial charge in [-0.2, -0.15) is 0 Å². The summed E-state index contributed by atoms with van der Waals surface area (Å²) in [6.45, 7) is 1.26. The van der Waals surface area contributed by atoms with Gasteiger partial charge in [0.2, 0.25) is 0 Å². The number of hydrogen-bond acceptors (Lipinski definition) is 4. The Kier molecular flexibility index (Phi) is 7.04. The molecule has 0 amide bonds. The molecule has 0 radical (unpaired) electrons. The molecule has 0 aromatic heterocycles. The number of rotatable bonds is 5. The van der Waals surface area contributed by atoms with Crippen LogP contribution in [0.25, 0.3) is 5.70 Å². The van der Waals surface area contributed by atoms with Crippen molar-refractivity contribution in [2.24, 2.45) is 0 Å². The molecule has 0 N–H and O–H groups in total. The molecule has 4 nitrogen and oxygen atoms in total. The Balaban J connectivity index is 0.00000240. The van der Waals surface area contributed by atoms with Crippen LogP contribution in [0.1, 0.15) is 35.2 Å². The van der Waals surface area contributed by atoms with Gasteiger partial charge < -0.3 is 14.5 Å². The van der Waals surface area contributed by atoms with Crippen molar-refractivity contribution in [1.82, 2.24) is 9.80 Å². The fraction of sp³-hybridized carbons (Fsp3) is 0.261. The minimum atomic E-state index is 0. The van der Waals surface area contributed by atoms with Crippen LogP contribution in [0.15, 0.2) is 66.6 Å². The van der Waals surface area contributed by atoms with Crippen LogP contribution in [0.2, 0.25) is 5.02 Å². The Morgan fingerprint density at radius 2 is 1.79 bits per heavy atom. The van der Waals surface area contributed by atoms with Gasteiger partial charge in [0.15, 0.2) is 5.78 Å². The number of carbonyl (C=O) groups excluding carboxylic acids is 1. The quantitative estimate of drug-likeness (QED) is 0.515. The van der Waals surface area contributed by atoms with Gasteiger partial charge in [0.05, 0.1) is 19.4 Å². The zero-order chi connectivity index (χ0) is 19.5. The van der Waals surface area contributed by atoms with Gasteiger partial charge in [-0.1, -0.05) is 11.6 Å². The molecule has 0 unspecified atom stereocenters. The van der Waals surface area contributed by atoms with Crippen LogP contribution >= 0.6 is 28.6 Å². The van der Waals surface area contributed by atoms with Crippen LogP contribution in [0.5, 0.6) is 5.75 Å². The summed E-state index contributed by atoms with van der Waals surface area (Å²) in [4.78, 5) is 17.2. The topological polar surface area (TPSA) is 32.8 Å². The van der Waals surface area contributed by atoms with E-state index < -0.39 is 0 Å². The van der Waals surface area contributed by atoms with Crippen molar-refractivity contribution in [3.05, 3.63) is 82.8 Å². The molecular formula is C23H24BrClN2O2. The Bertz CT molecular complexity index is 923. The molecule has 29 heavy (non-hydrogen) atoms. The van der Waals surface area contributed by atoms with Crippen LogP contribution in [0.4, 0.5) is 0 Å². The first-order valence-electron chi connectivity index (χ1n) is 9.55. The van der Waals surface area contributed by atoms with E-state index in [2.05, 4.69) is 34.2 Å². The molecule has 2 aromatic rings. The van der Waals surface area contributed by atoms with E-state index >= 15 is 0 Å². The molecule has 2 aromatic carbocycles. The summed E-state index contributed by atoms with van der Waals surface area (Å²) in [7, 11) is 1.67. The first kappa shape index (κ1) is 21.5. The predicted octanol–water partition coefficient (Wildman–Crippen LogP) is 5.75. The normalized spacial score (nSPS) is 15.7. The molecule has 0 atom stereocenters. The molecule has 0 bridgehead atoms. The van der Waals surface area contributed by atoms with Crippen molar-refractivity contribution in [2.75, 3.05) is 20.2 Å². The number of benzene rings is 2. The van der Waals surface area contributed by atoms with E-state index in [1.807, 2.05) is 12.1 Å². The zero-order valence-electron chi connectivity index (χ0n) is 16.3. The molecule has 2 aliphatic rings. The van der Waals surface area contributed by atoms with Crippen molar-refractivity contribution in [3.8, 4) is 5.75 Å². The van der Waals surface area contributed by atoms with Crippen LogP contribution in [-0.4, -0.2) is 35.8 Å². The summed E-state index contributed by atoms with van der Waals surface area (Å²) in [6.07, 6.45) is 7.66. The molecule has 0 saturated carbocycles. The second kappa shape index (κ2) is 9.51. The summed E-state index contributed by atoms with van der Waals surface area (Å²) in [5.74, 6) is 2.02. The minimum Gasteiger partial charge on any atom is -0.497 e. The fourth-order valence-electron chi connectivity index (χ4n) is 3.67. The average molecular weight is 476 g/mol. The lowest BCUT2D eigenvalue weighted by Crippen LogP contribution is -2.28. The predicted molar refractivity (Wildman–Crippen MR) is 122 cm³/mol. The van der Waals surface area contributed by atoms with Gasteiger partial charge in [-0.15, -0.1) is 17.0 Å². The molecule has 2 heterocycles. The molecule has 6 heteroatoms. The van der Waals surface area contributed by atoms with Crippen LogP contribution < -0.4 is 4.74 Å². The van der Waals surface area contributed by atoms with Gasteiger partial charge in [-0.25, -0.2) is 0 Å². The Labute approximate surface area is 187 Å². The molecule has 2 aliphatic heterocycles. The zero-order valence-corrected chi connectivity index (χ0v) is 18.8. The molecule has 0 spiro atoms. The molecule has 4 rings (SSSR count). The summed E-state index contributed by atoms with van der Waals surface area (Å²) in [5, 5.41) is 0.636. The first-order chi connectivity index (χ1) is 13.7. The van der Waals surface area contributed by atoms with Crippen LogP contribution in [-0.2, 0) is 0 Å². The smallest absolute Gasteiger partial charge is 0.182 e. The van der Waals surface area contributed by atoms with Gasteiger partial charge in [0.25, 0.3) is 0 Å². The highest BCUT2D eigenvalue weighted by atomic mass is 79.9. The molecular weight excluding hydrogens is 452 g/mol. The van der Waals surface area contributed by atoms with Gasteiger partial charge in [0.1, 0.15) is 11.6 Å². The largest absolute Gasteiger partial charge is 0.497 e. The number of nitrogens with zero attached hydrogens (tertiary/aromatic N) is 2. The summed E-state index contributed by atoms with van der Waals surface area (Å²) in [6, 6.07) is 15.2. The number of ether oxygens (including phenoxy) is 1. The Hall–Kier alpha value is -2.24. The molecule has 152 valence electrons. The first-order valence-corrected chi connectivity index (χ1v) is 9.93. The SMILES string of the molecule is Br.COc1ccc(C2=CN(CC(=O)c3ccc(Cl)cc3)C3=CCCCCN23)cc1. The van der Waals surface area contributed by atoms with Gasteiger partial charge in [0, 0.05) is 23.3 Å². The summed E-state index contributed by atoms with van der Waals surface area (Å²) in [5.41, 5.74) is 2.92. The van der Waals surface area contributed by atoms with E-state index in [0.717, 1.165) is 48.6 Å². The number of allylic oxidation sites excluding steroid dienone is 1. The third kappa shape index (κ3) is 4.68. The molecule has 0 fully saturated rings. The highest BCUT2D eigenvalue weighted by Crippen LogP contribution is 2.35. The molecule has 0 saturated heterocycles. The maximum absolute atomic E-state index is 12.8. The lowest BCUT2D eigenvalue weighted by molar-refractivity contribution is 0.0962. The Morgan fingerprint density at radius 3 is 2.48 bits per heavy atom. The van der Waals surface area contributed by atoms with Crippen molar-refractivity contribution in [3.63, 3.8) is 0 Å². The lowest BCUT2D eigenvalue weighted by Gasteiger charge is -2.26. The second-order valence-corrected chi connectivity index (χ2v) is 7.45. The monoisotopic (exact) mass is 474 g/mol. The second-order valence-electron chi connectivity index (χ2n) is 7.01. The number of hydrogen-bond donors (Lipinski definition) is 0. The van der Waals surface area contributed by atoms with E-state index in [4.69, 9.17) is 16.3 Å². The number of methoxy groups -OCH3 is 1. The van der Waals surface area contributed by atoms with E-state index in [1.165, 1.54) is 0 Å². The number of ketones is 1. The number of Topliss-reactive ketones (excluding diaryl/α,β-unsaturated/α-hetero) is 1. The van der Waals surface area contributed by atoms with Crippen LogP contribution in [0.3, 0.4) is 0 Å². The van der Waals surface area contributed by atoms with Crippen molar-refractivity contribution < 1.29 is 9.53 Å².